The van der Waals surface area contributed by atoms with E-state index in [1.807, 2.05) is 0 Å². The van der Waals surface area contributed by atoms with Crippen LogP contribution in [0.2, 0.25) is 0 Å². The molecule has 0 bridgehead atoms. The molecular weight excluding hydrogens is 212 g/mol. The Labute approximate surface area is 93.9 Å². The fourth-order valence-corrected chi connectivity index (χ4v) is 1.12. The number of ether oxygens (including phenoxy) is 3. The van der Waals surface area contributed by atoms with E-state index in [-0.39, 0.29) is 0 Å². The number of aromatic amines is 1. The van der Waals surface area contributed by atoms with Crippen molar-refractivity contribution in [3.63, 3.8) is 0 Å². The average Bonchev–Trinajstić information content (AvgIpc) is 2.76. The molecular formula is C10H16N2O4. The Bertz CT molecular complexity index is 324. The molecule has 0 saturated carbocycles. The number of carbonyl (C=O) groups excluding carboxylic acids is 1. The summed E-state index contributed by atoms with van der Waals surface area (Å²) in [6.07, 6.45) is 2.08. The van der Waals surface area contributed by atoms with Gasteiger partial charge in [0.15, 0.2) is 0 Å². The standard InChI is InChI=1S/C10H16N2O4/c1-14-5-6-16-4-3-9-11-7-8(12-9)10(13)15-2/h7H,3-6H2,1-2H3,(H,11,12). The topological polar surface area (TPSA) is 73.4 Å². The van der Waals surface area contributed by atoms with E-state index < -0.39 is 5.97 Å². The van der Waals surface area contributed by atoms with Gasteiger partial charge in [0.2, 0.25) is 0 Å². The molecule has 90 valence electrons. The highest BCUT2D eigenvalue weighted by Gasteiger charge is 2.08. The van der Waals surface area contributed by atoms with Crippen molar-refractivity contribution in [2.24, 2.45) is 0 Å². The van der Waals surface area contributed by atoms with Crippen LogP contribution in [-0.4, -0.2) is 50.0 Å². The molecule has 0 unspecified atom stereocenters. The summed E-state index contributed by atoms with van der Waals surface area (Å²) in [6, 6.07) is 0. The zero-order valence-corrected chi connectivity index (χ0v) is 9.49. The SMILES string of the molecule is COCCOCCc1ncc(C(=O)OC)[nH]1. The van der Waals surface area contributed by atoms with Gasteiger partial charge in [-0.05, 0) is 0 Å². The van der Waals surface area contributed by atoms with E-state index in [1.54, 1.807) is 7.11 Å². The lowest BCUT2D eigenvalue weighted by atomic mass is 10.4. The first-order valence-corrected chi connectivity index (χ1v) is 4.96. The minimum atomic E-state index is -0.418. The Hall–Kier alpha value is -1.40. The minimum absolute atomic E-state index is 0.356. The predicted molar refractivity (Wildman–Crippen MR) is 56.3 cm³/mol. The quantitative estimate of drug-likeness (QED) is 0.540. The van der Waals surface area contributed by atoms with Crippen LogP contribution in [0, 0.1) is 0 Å². The van der Waals surface area contributed by atoms with E-state index in [9.17, 15) is 4.79 Å². The molecule has 6 nitrogen and oxygen atoms in total. The molecule has 6 heteroatoms. The summed E-state index contributed by atoms with van der Waals surface area (Å²) < 4.78 is 14.7. The molecule has 0 radical (unpaired) electrons. The fourth-order valence-electron chi connectivity index (χ4n) is 1.12. The van der Waals surface area contributed by atoms with Gasteiger partial charge in [-0.1, -0.05) is 0 Å². The highest BCUT2D eigenvalue weighted by molar-refractivity contribution is 5.86. The van der Waals surface area contributed by atoms with Crippen molar-refractivity contribution in [2.45, 2.75) is 6.42 Å². The van der Waals surface area contributed by atoms with Crippen molar-refractivity contribution in [3.8, 4) is 0 Å². The number of imidazole rings is 1. The molecule has 0 fully saturated rings. The number of nitrogens with zero attached hydrogens (tertiary/aromatic N) is 1. The van der Waals surface area contributed by atoms with Crippen LogP contribution in [0.3, 0.4) is 0 Å². The fraction of sp³-hybridized carbons (Fsp3) is 0.600. The molecule has 1 rings (SSSR count). The highest BCUT2D eigenvalue weighted by Crippen LogP contribution is 2.00. The number of H-pyrrole nitrogens is 1. The molecule has 0 aliphatic heterocycles. The summed E-state index contributed by atoms with van der Waals surface area (Å²) in [7, 11) is 2.95. The van der Waals surface area contributed by atoms with E-state index in [2.05, 4.69) is 14.7 Å². The Morgan fingerprint density at radius 2 is 2.19 bits per heavy atom. The summed E-state index contributed by atoms with van der Waals surface area (Å²) in [4.78, 5) is 18.0. The smallest absolute Gasteiger partial charge is 0.356 e. The molecule has 0 saturated heterocycles. The maximum Gasteiger partial charge on any atom is 0.356 e. The van der Waals surface area contributed by atoms with Gasteiger partial charge in [0.25, 0.3) is 0 Å². The molecule has 1 aromatic rings. The first-order valence-electron chi connectivity index (χ1n) is 4.96. The van der Waals surface area contributed by atoms with E-state index >= 15 is 0 Å². The van der Waals surface area contributed by atoms with E-state index in [0.717, 1.165) is 0 Å². The molecule has 0 aromatic carbocycles. The van der Waals surface area contributed by atoms with Crippen LogP contribution in [0.4, 0.5) is 0 Å². The summed E-state index contributed by atoms with van der Waals surface area (Å²) >= 11 is 0. The molecule has 0 atom stereocenters. The number of hydrogen-bond donors (Lipinski definition) is 1. The van der Waals surface area contributed by atoms with Gasteiger partial charge in [-0.3, -0.25) is 0 Å². The van der Waals surface area contributed by atoms with Crippen LogP contribution < -0.4 is 0 Å². The molecule has 0 aliphatic rings. The number of hydrogen-bond acceptors (Lipinski definition) is 5. The molecule has 0 aliphatic carbocycles. The van der Waals surface area contributed by atoms with Gasteiger partial charge in [-0.15, -0.1) is 0 Å². The summed E-state index contributed by atoms with van der Waals surface area (Å²) in [5, 5.41) is 0. The van der Waals surface area contributed by atoms with Crippen molar-refractivity contribution in [1.29, 1.82) is 0 Å². The van der Waals surface area contributed by atoms with E-state index in [1.165, 1.54) is 13.3 Å². The third-order valence-electron chi connectivity index (χ3n) is 1.95. The lowest BCUT2D eigenvalue weighted by Gasteiger charge is -2.01. The number of carbonyl (C=O) groups is 1. The summed E-state index contributed by atoms with van der Waals surface area (Å²) in [5.74, 6) is 0.289. The number of rotatable bonds is 7. The Morgan fingerprint density at radius 1 is 1.38 bits per heavy atom. The molecule has 1 aromatic heterocycles. The van der Waals surface area contributed by atoms with Crippen molar-refractivity contribution < 1.29 is 19.0 Å². The lowest BCUT2D eigenvalue weighted by Crippen LogP contribution is -2.06. The van der Waals surface area contributed by atoms with Gasteiger partial charge >= 0.3 is 5.97 Å². The van der Waals surface area contributed by atoms with Crippen LogP contribution in [-0.2, 0) is 20.6 Å². The molecule has 0 spiro atoms. The van der Waals surface area contributed by atoms with Gasteiger partial charge in [-0.25, -0.2) is 9.78 Å². The lowest BCUT2D eigenvalue weighted by molar-refractivity contribution is 0.0594. The number of esters is 1. The van der Waals surface area contributed by atoms with Crippen LogP contribution in [0.15, 0.2) is 6.20 Å². The average molecular weight is 228 g/mol. The summed E-state index contributed by atoms with van der Waals surface area (Å²) in [5.41, 5.74) is 0.356. The van der Waals surface area contributed by atoms with Crippen molar-refractivity contribution in [1.82, 2.24) is 9.97 Å². The van der Waals surface area contributed by atoms with Gasteiger partial charge in [0, 0.05) is 13.5 Å². The first kappa shape index (κ1) is 12.7. The minimum Gasteiger partial charge on any atom is -0.464 e. The summed E-state index contributed by atoms with van der Waals surface area (Å²) in [6.45, 7) is 1.67. The van der Waals surface area contributed by atoms with Crippen LogP contribution in [0.25, 0.3) is 0 Å². The number of methoxy groups -OCH3 is 2. The van der Waals surface area contributed by atoms with Crippen molar-refractivity contribution in [2.75, 3.05) is 34.0 Å². The van der Waals surface area contributed by atoms with Crippen molar-refractivity contribution in [3.05, 3.63) is 17.7 Å². The van der Waals surface area contributed by atoms with Gasteiger partial charge < -0.3 is 19.2 Å². The third kappa shape index (κ3) is 4.00. The second-order valence-corrected chi connectivity index (χ2v) is 3.09. The van der Waals surface area contributed by atoms with Crippen molar-refractivity contribution >= 4 is 5.97 Å². The van der Waals surface area contributed by atoms with E-state index in [0.29, 0.717) is 37.8 Å². The first-order chi connectivity index (χ1) is 7.77. The van der Waals surface area contributed by atoms with Crippen LogP contribution in [0.5, 0.6) is 0 Å². The normalized spacial score (nSPS) is 10.4. The number of aromatic nitrogens is 2. The Balaban J connectivity index is 2.27. The highest BCUT2D eigenvalue weighted by atomic mass is 16.5. The monoisotopic (exact) mass is 228 g/mol. The Kier molecular flexibility index (Phi) is 5.52. The third-order valence-corrected chi connectivity index (χ3v) is 1.95. The molecule has 1 heterocycles. The Morgan fingerprint density at radius 3 is 2.88 bits per heavy atom. The number of nitrogens with one attached hydrogen (secondary N) is 1. The maximum absolute atomic E-state index is 11.1. The molecule has 1 N–H and O–H groups in total. The zero-order chi connectivity index (χ0) is 11.8. The van der Waals surface area contributed by atoms with Gasteiger partial charge in [0.05, 0.1) is 33.1 Å². The molecule has 16 heavy (non-hydrogen) atoms. The van der Waals surface area contributed by atoms with Gasteiger partial charge in [0.1, 0.15) is 11.5 Å². The van der Waals surface area contributed by atoms with Crippen LogP contribution in [0.1, 0.15) is 16.3 Å². The zero-order valence-electron chi connectivity index (χ0n) is 9.49. The second-order valence-electron chi connectivity index (χ2n) is 3.09. The largest absolute Gasteiger partial charge is 0.464 e. The molecule has 0 amide bonds. The van der Waals surface area contributed by atoms with E-state index in [4.69, 9.17) is 9.47 Å². The second kappa shape index (κ2) is 6.97. The van der Waals surface area contributed by atoms with Crippen LogP contribution >= 0.6 is 0 Å². The maximum atomic E-state index is 11.1. The predicted octanol–water partition coefficient (Wildman–Crippen LogP) is 0.402. The van der Waals surface area contributed by atoms with Gasteiger partial charge in [-0.2, -0.15) is 0 Å².